The summed E-state index contributed by atoms with van der Waals surface area (Å²) in [6, 6.07) is 0. The molecule has 1 saturated heterocycles. The van der Waals surface area contributed by atoms with Gasteiger partial charge in [0.1, 0.15) is 4.75 Å². The molecule has 9 nitrogen and oxygen atoms in total. The quantitative estimate of drug-likeness (QED) is 0.152. The maximum atomic E-state index is 13.9. The molecular formula is C26H47N3O6S. The minimum Gasteiger partial charge on any atom is -0.350 e. The number of carbonyl (C=O) groups is 2. The molecule has 1 saturated carbocycles. The van der Waals surface area contributed by atoms with Crippen LogP contribution in [-0.2, 0) is 29.0 Å². The largest absolute Gasteiger partial charge is 0.350 e. The normalized spacial score (nSPS) is 22.6. The van der Waals surface area contributed by atoms with E-state index in [0.29, 0.717) is 19.4 Å². The molecule has 0 aromatic carbocycles. The van der Waals surface area contributed by atoms with Crippen LogP contribution in [0.1, 0.15) is 91.9 Å². The molecule has 0 aromatic heterocycles. The van der Waals surface area contributed by atoms with E-state index < -0.39 is 44.5 Å². The number of sulfone groups is 1. The zero-order chi connectivity index (χ0) is 26.9. The molecule has 208 valence electrons. The zero-order valence-electron chi connectivity index (χ0n) is 22.7. The lowest BCUT2D eigenvalue weighted by atomic mass is 9.72. The highest BCUT2D eigenvalue weighted by molar-refractivity contribution is 7.92. The summed E-state index contributed by atoms with van der Waals surface area (Å²) in [6.45, 7) is 8.26. The van der Waals surface area contributed by atoms with Gasteiger partial charge in [-0.15, -0.1) is 0 Å². The topological polar surface area (TPSA) is 137 Å². The second-order valence-corrected chi connectivity index (χ2v) is 13.6. The van der Waals surface area contributed by atoms with Gasteiger partial charge in [0.05, 0.1) is 11.8 Å². The van der Waals surface area contributed by atoms with Crippen molar-refractivity contribution in [2.24, 2.45) is 29.5 Å². The Morgan fingerprint density at radius 1 is 1.08 bits per heavy atom. The van der Waals surface area contributed by atoms with Gasteiger partial charge in [0.2, 0.25) is 11.8 Å². The van der Waals surface area contributed by atoms with Crippen molar-refractivity contribution in [1.29, 1.82) is 0 Å². The van der Waals surface area contributed by atoms with Crippen LogP contribution in [0.2, 0.25) is 0 Å². The van der Waals surface area contributed by atoms with Crippen LogP contribution in [0.3, 0.4) is 0 Å². The molecule has 4 atom stereocenters. The molecule has 0 radical (unpaired) electrons. The predicted molar refractivity (Wildman–Crippen MR) is 140 cm³/mol. The van der Waals surface area contributed by atoms with Gasteiger partial charge in [0.15, 0.2) is 16.1 Å². The fourth-order valence-corrected chi connectivity index (χ4v) is 7.39. The van der Waals surface area contributed by atoms with Crippen LogP contribution in [0, 0.1) is 23.7 Å². The number of hydroxylamine groups is 1. The molecule has 2 amide bonds. The first-order valence-electron chi connectivity index (χ1n) is 13.4. The van der Waals surface area contributed by atoms with Crippen molar-refractivity contribution in [1.82, 2.24) is 10.9 Å². The molecule has 2 fully saturated rings. The van der Waals surface area contributed by atoms with E-state index in [0.717, 1.165) is 50.5 Å². The van der Waals surface area contributed by atoms with Gasteiger partial charge in [-0.1, -0.05) is 45.8 Å². The van der Waals surface area contributed by atoms with Gasteiger partial charge in [-0.05, 0) is 63.2 Å². The molecule has 1 heterocycles. The maximum absolute atomic E-state index is 13.9. The van der Waals surface area contributed by atoms with Gasteiger partial charge in [-0.3, -0.25) is 15.0 Å². The SMILES string of the molecule is CC(C)C[C@@H](C(=O)NN)[C@@H](C(=O)NOC1CCCCO1)C(C=C1CCCCC1)(CC(C)C)S(C)(=O)=O. The molecule has 1 aliphatic heterocycles. The molecule has 10 heteroatoms. The third kappa shape index (κ3) is 8.26. The summed E-state index contributed by atoms with van der Waals surface area (Å²) in [5.74, 6) is 2.12. The summed E-state index contributed by atoms with van der Waals surface area (Å²) in [5.41, 5.74) is 5.71. The maximum Gasteiger partial charge on any atom is 0.249 e. The average molecular weight is 530 g/mol. The van der Waals surface area contributed by atoms with E-state index >= 15 is 0 Å². The molecule has 0 aromatic rings. The van der Waals surface area contributed by atoms with Crippen molar-refractivity contribution in [3.8, 4) is 0 Å². The lowest BCUT2D eigenvalue weighted by molar-refractivity contribution is -0.203. The number of carbonyl (C=O) groups excluding carboxylic acids is 2. The first kappa shape index (κ1) is 30.7. The second kappa shape index (κ2) is 13.9. The van der Waals surface area contributed by atoms with Gasteiger partial charge in [0.25, 0.3) is 0 Å². The number of amides is 2. The van der Waals surface area contributed by atoms with Crippen molar-refractivity contribution in [2.45, 2.75) is 103 Å². The van der Waals surface area contributed by atoms with Crippen LogP contribution in [0.5, 0.6) is 0 Å². The lowest BCUT2D eigenvalue weighted by Crippen LogP contribution is -2.58. The van der Waals surface area contributed by atoms with Crippen LogP contribution in [-0.4, -0.2) is 44.1 Å². The number of hydrogen-bond donors (Lipinski definition) is 3. The summed E-state index contributed by atoms with van der Waals surface area (Å²) < 4.78 is 31.5. The number of rotatable bonds is 12. The first-order valence-corrected chi connectivity index (χ1v) is 15.3. The summed E-state index contributed by atoms with van der Waals surface area (Å²) >= 11 is 0. The third-order valence-corrected chi connectivity index (χ3v) is 9.13. The fraction of sp³-hybridized carbons (Fsp3) is 0.846. The van der Waals surface area contributed by atoms with Crippen LogP contribution in [0.4, 0.5) is 0 Å². The van der Waals surface area contributed by atoms with Crippen molar-refractivity contribution < 1.29 is 27.6 Å². The molecule has 2 aliphatic rings. The van der Waals surface area contributed by atoms with Crippen molar-refractivity contribution >= 4 is 21.7 Å². The van der Waals surface area contributed by atoms with Gasteiger partial charge in [-0.2, -0.15) is 0 Å². The number of ether oxygens (including phenoxy) is 1. The monoisotopic (exact) mass is 529 g/mol. The number of allylic oxidation sites excluding steroid dienone is 1. The minimum atomic E-state index is -3.88. The Balaban J connectivity index is 2.66. The van der Waals surface area contributed by atoms with Gasteiger partial charge in [-0.25, -0.2) is 24.6 Å². The summed E-state index contributed by atoms with van der Waals surface area (Å²) in [4.78, 5) is 32.7. The number of nitrogens with one attached hydrogen (secondary N) is 2. The Morgan fingerprint density at radius 3 is 2.25 bits per heavy atom. The molecule has 2 unspecified atom stereocenters. The smallest absolute Gasteiger partial charge is 0.249 e. The van der Waals surface area contributed by atoms with E-state index in [2.05, 4.69) is 10.9 Å². The summed E-state index contributed by atoms with van der Waals surface area (Å²) in [6.07, 6.45) is 9.93. The van der Waals surface area contributed by atoms with E-state index in [4.69, 9.17) is 15.4 Å². The van der Waals surface area contributed by atoms with Crippen molar-refractivity contribution in [3.63, 3.8) is 0 Å². The Kier molecular flexibility index (Phi) is 11.9. The molecule has 1 aliphatic carbocycles. The van der Waals surface area contributed by atoms with Crippen molar-refractivity contribution in [3.05, 3.63) is 11.6 Å². The van der Waals surface area contributed by atoms with Crippen LogP contribution >= 0.6 is 0 Å². The summed E-state index contributed by atoms with van der Waals surface area (Å²) in [7, 11) is -3.88. The van der Waals surface area contributed by atoms with Gasteiger partial charge >= 0.3 is 0 Å². The predicted octanol–water partition coefficient (Wildman–Crippen LogP) is 3.55. The molecule has 0 bridgehead atoms. The number of nitrogens with two attached hydrogens (primary N) is 1. The van der Waals surface area contributed by atoms with E-state index in [1.54, 1.807) is 6.08 Å². The van der Waals surface area contributed by atoms with Crippen molar-refractivity contribution in [2.75, 3.05) is 12.9 Å². The molecule has 0 spiro atoms. The minimum absolute atomic E-state index is 0.0174. The van der Waals surface area contributed by atoms with E-state index in [1.165, 1.54) is 6.26 Å². The lowest BCUT2D eigenvalue weighted by Gasteiger charge is -2.42. The standard InChI is InChI=1S/C26H47N3O6S/c1-18(2)15-21(24(30)28-27)23(25(31)29-35-22-13-9-10-14-34-22)26(16-19(3)4,36(5,32)33)17-20-11-7-6-8-12-20/h17-19,21-23H,6-16,27H2,1-5H3,(H,28,30)(H,29,31)/t21-,22?,23+,26?/m1/s1. The molecule has 36 heavy (non-hydrogen) atoms. The Bertz CT molecular complexity index is 859. The zero-order valence-corrected chi connectivity index (χ0v) is 23.5. The number of hydrazine groups is 1. The highest BCUT2D eigenvalue weighted by Gasteiger charge is 2.55. The Morgan fingerprint density at radius 2 is 1.75 bits per heavy atom. The fourth-order valence-electron chi connectivity index (χ4n) is 5.64. The Labute approximate surface area is 217 Å². The van der Waals surface area contributed by atoms with Crippen LogP contribution in [0.25, 0.3) is 0 Å². The van der Waals surface area contributed by atoms with Gasteiger partial charge < -0.3 is 4.74 Å². The number of hydrogen-bond acceptors (Lipinski definition) is 7. The average Bonchev–Trinajstić information content (AvgIpc) is 2.81. The van der Waals surface area contributed by atoms with Crippen LogP contribution < -0.4 is 16.7 Å². The van der Waals surface area contributed by atoms with E-state index in [9.17, 15) is 18.0 Å². The highest BCUT2D eigenvalue weighted by atomic mass is 32.2. The molecular weight excluding hydrogens is 482 g/mol. The molecule has 2 rings (SSSR count). The summed E-state index contributed by atoms with van der Waals surface area (Å²) in [5, 5.41) is 0. The van der Waals surface area contributed by atoms with E-state index in [1.807, 2.05) is 27.7 Å². The van der Waals surface area contributed by atoms with Crippen LogP contribution in [0.15, 0.2) is 11.6 Å². The third-order valence-electron chi connectivity index (χ3n) is 7.21. The Hall–Kier alpha value is -1.49. The first-order chi connectivity index (χ1) is 16.9. The molecule has 4 N–H and O–H groups in total. The van der Waals surface area contributed by atoms with E-state index in [-0.39, 0.29) is 18.3 Å². The second-order valence-electron chi connectivity index (χ2n) is 11.3. The van der Waals surface area contributed by atoms with Gasteiger partial charge in [0, 0.05) is 19.3 Å². The highest BCUT2D eigenvalue weighted by Crippen LogP contribution is 2.43.